The number of imidazole rings is 1. The average molecular weight is 171 g/mol. The second kappa shape index (κ2) is 2.36. The molecule has 0 saturated carbocycles. The lowest BCUT2D eigenvalue weighted by Gasteiger charge is -2.19. The summed E-state index contributed by atoms with van der Waals surface area (Å²) in [6, 6.07) is 8.23. The third-order valence-electron chi connectivity index (χ3n) is 2.32. The molecule has 0 saturated heterocycles. The molecule has 3 heteroatoms. The van der Waals surface area contributed by atoms with Crippen LogP contribution in [0.3, 0.4) is 0 Å². The molecule has 0 fully saturated rings. The first kappa shape index (κ1) is 6.71. The molecule has 0 unspecified atom stereocenters. The van der Waals surface area contributed by atoms with Crippen molar-refractivity contribution in [2.45, 2.75) is 6.67 Å². The van der Waals surface area contributed by atoms with Crippen LogP contribution in [-0.4, -0.2) is 9.55 Å². The summed E-state index contributed by atoms with van der Waals surface area (Å²) in [6.45, 7) is 0.812. The number of rotatable bonds is 0. The van der Waals surface area contributed by atoms with Gasteiger partial charge in [0.05, 0.1) is 6.67 Å². The van der Waals surface area contributed by atoms with E-state index in [1.165, 1.54) is 11.3 Å². The molecular formula is C10H9N3. The van der Waals surface area contributed by atoms with Crippen LogP contribution >= 0.6 is 0 Å². The number of aromatic nitrogens is 2. The van der Waals surface area contributed by atoms with Gasteiger partial charge in [-0.05, 0) is 12.1 Å². The number of nitrogens with zero attached hydrogens (tertiary/aromatic N) is 2. The molecule has 1 aromatic heterocycles. The van der Waals surface area contributed by atoms with Gasteiger partial charge in [-0.3, -0.25) is 0 Å². The van der Waals surface area contributed by atoms with Gasteiger partial charge in [0.15, 0.2) is 0 Å². The number of benzene rings is 1. The quantitative estimate of drug-likeness (QED) is 0.656. The minimum absolute atomic E-state index is 0.812. The molecule has 1 aliphatic rings. The van der Waals surface area contributed by atoms with E-state index in [4.69, 9.17) is 0 Å². The maximum Gasteiger partial charge on any atom is 0.143 e. The molecular weight excluding hydrogens is 162 g/mol. The zero-order valence-corrected chi connectivity index (χ0v) is 7.07. The van der Waals surface area contributed by atoms with Crippen LogP contribution in [0.25, 0.3) is 11.4 Å². The predicted molar refractivity (Wildman–Crippen MR) is 51.3 cm³/mol. The van der Waals surface area contributed by atoms with Gasteiger partial charge in [-0.15, -0.1) is 0 Å². The van der Waals surface area contributed by atoms with Gasteiger partial charge in [-0.1, -0.05) is 12.1 Å². The summed E-state index contributed by atoms with van der Waals surface area (Å²) in [4.78, 5) is 4.32. The lowest BCUT2D eigenvalue weighted by Crippen LogP contribution is -2.14. The molecule has 1 aliphatic heterocycles. The van der Waals surface area contributed by atoms with Crippen molar-refractivity contribution in [2.24, 2.45) is 0 Å². The van der Waals surface area contributed by atoms with Gasteiger partial charge in [0.1, 0.15) is 5.82 Å². The van der Waals surface area contributed by atoms with Crippen LogP contribution in [0.4, 0.5) is 5.69 Å². The molecule has 0 atom stereocenters. The molecule has 1 aromatic carbocycles. The smallest absolute Gasteiger partial charge is 0.143 e. The summed E-state index contributed by atoms with van der Waals surface area (Å²) in [5.74, 6) is 1.05. The van der Waals surface area contributed by atoms with E-state index in [0.717, 1.165) is 12.5 Å². The molecule has 0 radical (unpaired) electrons. The Morgan fingerprint density at radius 1 is 1.31 bits per heavy atom. The van der Waals surface area contributed by atoms with Crippen LogP contribution in [0.5, 0.6) is 0 Å². The third-order valence-corrected chi connectivity index (χ3v) is 2.32. The van der Waals surface area contributed by atoms with Gasteiger partial charge in [-0.25, -0.2) is 4.98 Å². The molecule has 0 bridgehead atoms. The Morgan fingerprint density at radius 2 is 2.23 bits per heavy atom. The summed E-state index contributed by atoms with van der Waals surface area (Å²) in [5, 5.41) is 3.33. The maximum atomic E-state index is 4.32. The minimum Gasteiger partial charge on any atom is -0.367 e. The van der Waals surface area contributed by atoms with Crippen LogP contribution < -0.4 is 5.32 Å². The molecule has 0 spiro atoms. The summed E-state index contributed by atoms with van der Waals surface area (Å²) >= 11 is 0. The first-order valence-electron chi connectivity index (χ1n) is 4.29. The molecule has 1 N–H and O–H groups in total. The topological polar surface area (TPSA) is 29.9 Å². The highest BCUT2D eigenvalue weighted by Gasteiger charge is 2.14. The third kappa shape index (κ3) is 0.869. The maximum absolute atomic E-state index is 4.32. The summed E-state index contributed by atoms with van der Waals surface area (Å²) in [5.41, 5.74) is 2.35. The van der Waals surface area contributed by atoms with Crippen molar-refractivity contribution >= 4 is 5.69 Å². The molecule has 0 aliphatic carbocycles. The van der Waals surface area contributed by atoms with E-state index >= 15 is 0 Å². The fourth-order valence-electron chi connectivity index (χ4n) is 1.68. The Kier molecular flexibility index (Phi) is 1.22. The zero-order valence-electron chi connectivity index (χ0n) is 7.07. The van der Waals surface area contributed by atoms with Crippen molar-refractivity contribution in [3.63, 3.8) is 0 Å². The van der Waals surface area contributed by atoms with Crippen LogP contribution in [0.15, 0.2) is 36.7 Å². The number of hydrogen-bond donors (Lipinski definition) is 1. The number of anilines is 1. The Balaban J connectivity index is 2.30. The molecule has 13 heavy (non-hydrogen) atoms. The van der Waals surface area contributed by atoms with E-state index in [-0.39, 0.29) is 0 Å². The first-order valence-corrected chi connectivity index (χ1v) is 4.29. The largest absolute Gasteiger partial charge is 0.367 e. The highest BCUT2D eigenvalue weighted by atomic mass is 15.2. The van der Waals surface area contributed by atoms with E-state index in [1.54, 1.807) is 0 Å². The molecule has 3 nitrogen and oxygen atoms in total. The van der Waals surface area contributed by atoms with Crippen molar-refractivity contribution in [2.75, 3.05) is 5.32 Å². The monoisotopic (exact) mass is 171 g/mol. The molecule has 0 amide bonds. The molecule has 2 heterocycles. The van der Waals surface area contributed by atoms with Gasteiger partial charge in [0, 0.05) is 23.6 Å². The van der Waals surface area contributed by atoms with E-state index in [9.17, 15) is 0 Å². The van der Waals surface area contributed by atoms with Crippen LogP contribution in [0.2, 0.25) is 0 Å². The zero-order chi connectivity index (χ0) is 8.67. The number of nitrogens with one attached hydrogen (secondary N) is 1. The first-order chi connectivity index (χ1) is 6.45. The standard InChI is InChI=1S/C10H9N3/c1-2-4-9-8(3-1)10-11-5-6-13(10)7-12-9/h1-6,12H,7H2. The van der Waals surface area contributed by atoms with Crippen molar-refractivity contribution in [3.05, 3.63) is 36.7 Å². The summed E-state index contributed by atoms with van der Waals surface area (Å²) in [6.07, 6.45) is 3.82. The SMILES string of the molecule is c1ccc2c(c1)NCn1ccnc1-2. The van der Waals surface area contributed by atoms with Gasteiger partial charge >= 0.3 is 0 Å². The fraction of sp³-hybridized carbons (Fsp3) is 0.100. The van der Waals surface area contributed by atoms with Crippen LogP contribution in [-0.2, 0) is 6.67 Å². The number of fused-ring (bicyclic) bond motifs is 3. The lowest BCUT2D eigenvalue weighted by atomic mass is 10.1. The summed E-state index contributed by atoms with van der Waals surface area (Å²) < 4.78 is 2.10. The molecule has 64 valence electrons. The van der Waals surface area contributed by atoms with E-state index in [1.807, 2.05) is 24.5 Å². The Hall–Kier alpha value is -1.77. The molecule has 2 aromatic rings. The van der Waals surface area contributed by atoms with Crippen LogP contribution in [0, 0.1) is 0 Å². The molecule has 3 rings (SSSR count). The van der Waals surface area contributed by atoms with Crippen molar-refractivity contribution < 1.29 is 0 Å². The van der Waals surface area contributed by atoms with E-state index in [0.29, 0.717) is 0 Å². The lowest BCUT2D eigenvalue weighted by molar-refractivity contribution is 0.769. The van der Waals surface area contributed by atoms with Gasteiger partial charge in [-0.2, -0.15) is 0 Å². The average Bonchev–Trinajstić information content (AvgIpc) is 2.65. The Labute approximate surface area is 76.0 Å². The van der Waals surface area contributed by atoms with E-state index in [2.05, 4.69) is 27.0 Å². The Morgan fingerprint density at radius 3 is 3.23 bits per heavy atom. The van der Waals surface area contributed by atoms with Gasteiger partial charge in [0.2, 0.25) is 0 Å². The van der Waals surface area contributed by atoms with Gasteiger partial charge in [0.25, 0.3) is 0 Å². The normalized spacial score (nSPS) is 12.9. The van der Waals surface area contributed by atoms with Gasteiger partial charge < -0.3 is 9.88 Å². The predicted octanol–water partition coefficient (Wildman–Crippen LogP) is 1.93. The summed E-state index contributed by atoms with van der Waals surface area (Å²) in [7, 11) is 0. The highest BCUT2D eigenvalue weighted by Crippen LogP contribution is 2.29. The van der Waals surface area contributed by atoms with Crippen molar-refractivity contribution in [3.8, 4) is 11.4 Å². The number of para-hydroxylation sites is 1. The highest BCUT2D eigenvalue weighted by molar-refractivity contribution is 5.75. The second-order valence-corrected chi connectivity index (χ2v) is 3.10. The fourth-order valence-corrected chi connectivity index (χ4v) is 1.68. The van der Waals surface area contributed by atoms with Crippen molar-refractivity contribution in [1.82, 2.24) is 9.55 Å². The Bertz CT molecular complexity index is 445. The minimum atomic E-state index is 0.812. The second-order valence-electron chi connectivity index (χ2n) is 3.10. The van der Waals surface area contributed by atoms with Crippen molar-refractivity contribution in [1.29, 1.82) is 0 Å². The van der Waals surface area contributed by atoms with E-state index < -0.39 is 0 Å². The number of hydrogen-bond acceptors (Lipinski definition) is 2. The van der Waals surface area contributed by atoms with Crippen LogP contribution in [0.1, 0.15) is 0 Å².